The molecule has 0 saturated carbocycles. The van der Waals surface area contributed by atoms with Gasteiger partial charge in [-0.25, -0.2) is 4.98 Å². The summed E-state index contributed by atoms with van der Waals surface area (Å²) < 4.78 is 7.35. The monoisotopic (exact) mass is 473 g/mol. The van der Waals surface area contributed by atoms with Gasteiger partial charge < -0.3 is 4.74 Å². The van der Waals surface area contributed by atoms with Crippen LogP contribution < -0.4 is 4.90 Å². The van der Waals surface area contributed by atoms with E-state index in [1.807, 2.05) is 35.2 Å². The Bertz CT molecular complexity index is 1000. The Balaban J connectivity index is 1.59. The van der Waals surface area contributed by atoms with Crippen molar-refractivity contribution >= 4 is 48.5 Å². The number of anilines is 1. The van der Waals surface area contributed by atoms with E-state index in [1.165, 1.54) is 0 Å². The maximum Gasteiger partial charge on any atom is 0.261 e. The summed E-state index contributed by atoms with van der Waals surface area (Å²) in [5.74, 6) is -0.0174. The van der Waals surface area contributed by atoms with Crippen LogP contribution in [0.25, 0.3) is 10.2 Å². The first kappa shape index (κ1) is 20.5. The summed E-state index contributed by atoms with van der Waals surface area (Å²) in [6.45, 7) is 7.14. The maximum absolute atomic E-state index is 13.4. The van der Waals surface area contributed by atoms with E-state index in [2.05, 4.69) is 39.9 Å². The predicted octanol–water partition coefficient (Wildman–Crippen LogP) is 4.74. The molecule has 1 saturated heterocycles. The largest absolute Gasteiger partial charge is 0.379 e. The number of aryl methyl sites for hydroxylation is 1. The molecule has 0 spiro atoms. The molecule has 1 aromatic heterocycles. The van der Waals surface area contributed by atoms with Gasteiger partial charge in [0, 0.05) is 30.7 Å². The number of para-hydroxylation sites is 1. The van der Waals surface area contributed by atoms with Crippen LogP contribution in [0.15, 0.2) is 46.9 Å². The summed E-state index contributed by atoms with van der Waals surface area (Å²) >= 11 is 5.11. The molecule has 1 aliphatic rings. The number of morpholine rings is 1. The molecule has 1 amide bonds. The Labute approximate surface area is 183 Å². The van der Waals surface area contributed by atoms with Crippen molar-refractivity contribution in [1.82, 2.24) is 9.88 Å². The smallest absolute Gasteiger partial charge is 0.261 e. The first-order valence-corrected chi connectivity index (χ1v) is 11.5. The van der Waals surface area contributed by atoms with Crippen LogP contribution in [0.2, 0.25) is 0 Å². The normalized spacial score (nSPS) is 15.0. The van der Waals surface area contributed by atoms with E-state index in [4.69, 9.17) is 9.72 Å². The molecule has 2 heterocycles. The second-order valence-electron chi connectivity index (χ2n) is 7.16. The molecule has 5 nitrogen and oxygen atoms in total. The summed E-state index contributed by atoms with van der Waals surface area (Å²) in [6.07, 6.45) is 0.894. The van der Waals surface area contributed by atoms with Gasteiger partial charge in [-0.15, -0.1) is 0 Å². The van der Waals surface area contributed by atoms with Crippen LogP contribution in [0.5, 0.6) is 0 Å². The zero-order valence-electron chi connectivity index (χ0n) is 16.4. The van der Waals surface area contributed by atoms with Gasteiger partial charge in [0.05, 0.1) is 29.0 Å². The number of carbonyl (C=O) groups excluding carboxylic acids is 1. The molecule has 1 fully saturated rings. The number of ether oxygens (including phenoxy) is 1. The highest BCUT2D eigenvalue weighted by Crippen LogP contribution is 2.32. The SMILES string of the molecule is Cc1cccc2sc(N(CCCN3CCOCC3)C(=O)c3ccccc3Br)nc12. The van der Waals surface area contributed by atoms with Crippen LogP contribution in [-0.4, -0.2) is 55.2 Å². The van der Waals surface area contributed by atoms with Gasteiger partial charge in [-0.05, 0) is 53.0 Å². The number of halogens is 1. The number of hydrogen-bond donors (Lipinski definition) is 0. The molecule has 3 aromatic rings. The van der Waals surface area contributed by atoms with Crippen LogP contribution >= 0.6 is 27.3 Å². The maximum atomic E-state index is 13.4. The van der Waals surface area contributed by atoms with Gasteiger partial charge in [-0.1, -0.05) is 35.6 Å². The van der Waals surface area contributed by atoms with Gasteiger partial charge in [-0.2, -0.15) is 0 Å². The van der Waals surface area contributed by atoms with E-state index in [-0.39, 0.29) is 5.91 Å². The zero-order chi connectivity index (χ0) is 20.2. The van der Waals surface area contributed by atoms with Crippen molar-refractivity contribution in [2.24, 2.45) is 0 Å². The van der Waals surface area contributed by atoms with Gasteiger partial charge in [0.25, 0.3) is 5.91 Å². The quantitative estimate of drug-likeness (QED) is 0.518. The number of carbonyl (C=O) groups is 1. The predicted molar refractivity (Wildman–Crippen MR) is 122 cm³/mol. The molecule has 0 atom stereocenters. The number of hydrogen-bond acceptors (Lipinski definition) is 5. The minimum atomic E-state index is -0.0174. The highest BCUT2D eigenvalue weighted by Gasteiger charge is 2.23. The Morgan fingerprint density at radius 2 is 2.00 bits per heavy atom. The minimum Gasteiger partial charge on any atom is -0.379 e. The fourth-order valence-corrected chi connectivity index (χ4v) is 5.05. The van der Waals surface area contributed by atoms with Crippen molar-refractivity contribution in [3.05, 3.63) is 58.1 Å². The number of amides is 1. The lowest BCUT2D eigenvalue weighted by Crippen LogP contribution is -2.39. The van der Waals surface area contributed by atoms with E-state index in [9.17, 15) is 4.79 Å². The molecule has 0 bridgehead atoms. The highest BCUT2D eigenvalue weighted by molar-refractivity contribution is 9.10. The van der Waals surface area contributed by atoms with Crippen molar-refractivity contribution < 1.29 is 9.53 Å². The summed E-state index contributed by atoms with van der Waals surface area (Å²) in [7, 11) is 0. The van der Waals surface area contributed by atoms with Gasteiger partial charge in [-0.3, -0.25) is 14.6 Å². The first-order chi connectivity index (χ1) is 14.1. The van der Waals surface area contributed by atoms with Gasteiger partial charge in [0.15, 0.2) is 5.13 Å². The zero-order valence-corrected chi connectivity index (χ0v) is 18.8. The average molecular weight is 474 g/mol. The number of nitrogens with zero attached hydrogens (tertiary/aromatic N) is 3. The Hall–Kier alpha value is -1.80. The van der Waals surface area contributed by atoms with E-state index in [1.54, 1.807) is 11.3 Å². The van der Waals surface area contributed by atoms with Crippen LogP contribution in [0.4, 0.5) is 5.13 Å². The first-order valence-electron chi connectivity index (χ1n) is 9.86. The molecular formula is C22H24BrN3O2S. The molecule has 4 rings (SSSR count). The third-order valence-electron chi connectivity index (χ3n) is 5.15. The molecule has 29 heavy (non-hydrogen) atoms. The lowest BCUT2D eigenvalue weighted by atomic mass is 10.2. The van der Waals surface area contributed by atoms with Crippen molar-refractivity contribution in [3.8, 4) is 0 Å². The van der Waals surface area contributed by atoms with E-state index in [0.29, 0.717) is 12.1 Å². The lowest BCUT2D eigenvalue weighted by molar-refractivity contribution is 0.0376. The number of benzene rings is 2. The topological polar surface area (TPSA) is 45.7 Å². The van der Waals surface area contributed by atoms with E-state index >= 15 is 0 Å². The van der Waals surface area contributed by atoms with Gasteiger partial charge in [0.1, 0.15) is 0 Å². The van der Waals surface area contributed by atoms with Crippen LogP contribution in [0.1, 0.15) is 22.3 Å². The van der Waals surface area contributed by atoms with Crippen molar-refractivity contribution in [1.29, 1.82) is 0 Å². The van der Waals surface area contributed by atoms with Gasteiger partial charge in [0.2, 0.25) is 0 Å². The van der Waals surface area contributed by atoms with Crippen LogP contribution in [0, 0.1) is 6.92 Å². The fraction of sp³-hybridized carbons (Fsp3) is 0.364. The van der Waals surface area contributed by atoms with Crippen LogP contribution in [0.3, 0.4) is 0 Å². The summed E-state index contributed by atoms with van der Waals surface area (Å²) in [5.41, 5.74) is 2.77. The Kier molecular flexibility index (Phi) is 6.60. The third kappa shape index (κ3) is 4.69. The summed E-state index contributed by atoms with van der Waals surface area (Å²) in [5, 5.41) is 0.761. The molecule has 2 aromatic carbocycles. The van der Waals surface area contributed by atoms with Crippen molar-refractivity contribution in [2.75, 3.05) is 44.3 Å². The number of rotatable bonds is 6. The third-order valence-corrected chi connectivity index (χ3v) is 6.88. The second-order valence-corrected chi connectivity index (χ2v) is 9.03. The van der Waals surface area contributed by atoms with E-state index < -0.39 is 0 Å². The molecule has 0 unspecified atom stereocenters. The molecule has 0 N–H and O–H groups in total. The number of aromatic nitrogens is 1. The van der Waals surface area contributed by atoms with Crippen molar-refractivity contribution in [3.63, 3.8) is 0 Å². The van der Waals surface area contributed by atoms with Gasteiger partial charge >= 0.3 is 0 Å². The second kappa shape index (κ2) is 9.34. The van der Waals surface area contributed by atoms with Crippen LogP contribution in [-0.2, 0) is 4.74 Å². The highest BCUT2D eigenvalue weighted by atomic mass is 79.9. The molecule has 1 aliphatic heterocycles. The molecule has 7 heteroatoms. The molecule has 0 radical (unpaired) electrons. The number of thiazole rings is 1. The summed E-state index contributed by atoms with van der Waals surface area (Å²) in [4.78, 5) is 22.5. The molecule has 152 valence electrons. The minimum absolute atomic E-state index is 0.0174. The average Bonchev–Trinajstić information content (AvgIpc) is 3.17. The standard InChI is InChI=1S/C22H24BrN3O2S/c1-16-6-4-9-19-20(16)24-22(29-19)26(11-5-10-25-12-14-28-15-13-25)21(27)17-7-2-3-8-18(17)23/h2-4,6-9H,5,10-15H2,1H3. The summed E-state index contributed by atoms with van der Waals surface area (Å²) in [6, 6.07) is 13.7. The fourth-order valence-electron chi connectivity index (χ4n) is 3.53. The Morgan fingerprint density at radius 3 is 2.76 bits per heavy atom. The lowest BCUT2D eigenvalue weighted by Gasteiger charge is -2.27. The molecule has 0 aliphatic carbocycles. The molecular weight excluding hydrogens is 450 g/mol. The van der Waals surface area contributed by atoms with Crippen molar-refractivity contribution in [2.45, 2.75) is 13.3 Å². The van der Waals surface area contributed by atoms with E-state index in [0.717, 1.165) is 64.7 Å². The Morgan fingerprint density at radius 1 is 1.21 bits per heavy atom. The number of fused-ring (bicyclic) bond motifs is 1.